The van der Waals surface area contributed by atoms with E-state index < -0.39 is 0 Å². The zero-order valence-corrected chi connectivity index (χ0v) is 14.9. The van der Waals surface area contributed by atoms with Crippen molar-refractivity contribution in [3.05, 3.63) is 12.1 Å². The Hall–Kier alpha value is -1.69. The molecule has 1 aromatic rings. The lowest BCUT2D eigenvalue weighted by atomic mass is 10.1. The first-order valence-electron chi connectivity index (χ1n) is 8.05. The summed E-state index contributed by atoms with van der Waals surface area (Å²) in [5.74, 6) is 1.78. The van der Waals surface area contributed by atoms with Gasteiger partial charge in [-0.3, -0.25) is 0 Å². The number of ether oxygens (including phenoxy) is 3. The zero-order valence-electron chi connectivity index (χ0n) is 14.1. The van der Waals surface area contributed by atoms with Crippen LogP contribution in [0.15, 0.2) is 12.1 Å². The predicted molar refractivity (Wildman–Crippen MR) is 96.9 cm³/mol. The average molecular weight is 338 g/mol. The summed E-state index contributed by atoms with van der Waals surface area (Å²) in [6, 6.07) is 4.16. The van der Waals surface area contributed by atoms with Crippen molar-refractivity contribution in [2.45, 2.75) is 44.6 Å². The second kappa shape index (κ2) is 8.82. The Bertz CT molecular complexity index is 504. The van der Waals surface area contributed by atoms with Crippen LogP contribution in [-0.2, 0) is 0 Å². The summed E-state index contributed by atoms with van der Waals surface area (Å²) in [5, 5.41) is 7.26. The summed E-state index contributed by atoms with van der Waals surface area (Å²) in [4.78, 5) is 0. The number of methoxy groups -OCH3 is 3. The Morgan fingerprint density at radius 2 is 1.52 bits per heavy atom. The van der Waals surface area contributed by atoms with Crippen molar-refractivity contribution in [3.8, 4) is 17.2 Å². The summed E-state index contributed by atoms with van der Waals surface area (Å²) >= 11 is 5.45. The molecule has 6 heteroatoms. The highest BCUT2D eigenvalue weighted by Gasteiger charge is 2.16. The maximum absolute atomic E-state index is 5.45. The summed E-state index contributed by atoms with van der Waals surface area (Å²) < 4.78 is 16.0. The standard InChI is InChI=1S/C17H26N2O3S/c1-20-14-10-13(11-15(21-2)16(14)22-3)19-17(23)18-12-8-6-4-5-7-9-12/h10-12H,4-9H2,1-3H3,(H2,18,19,23). The van der Waals surface area contributed by atoms with Crippen molar-refractivity contribution in [1.82, 2.24) is 5.32 Å². The molecule has 0 spiro atoms. The number of anilines is 1. The highest BCUT2D eigenvalue weighted by Crippen LogP contribution is 2.39. The van der Waals surface area contributed by atoms with Gasteiger partial charge in [0.1, 0.15) is 0 Å². The van der Waals surface area contributed by atoms with Crippen LogP contribution in [0, 0.1) is 0 Å². The maximum Gasteiger partial charge on any atom is 0.203 e. The summed E-state index contributed by atoms with van der Waals surface area (Å²) in [6.45, 7) is 0. The molecule has 1 fully saturated rings. The molecule has 5 nitrogen and oxygen atoms in total. The molecule has 23 heavy (non-hydrogen) atoms. The Kier molecular flexibility index (Phi) is 6.77. The van der Waals surface area contributed by atoms with E-state index in [1.54, 1.807) is 21.3 Å². The second-order valence-electron chi connectivity index (χ2n) is 5.70. The van der Waals surface area contributed by atoms with Gasteiger partial charge < -0.3 is 24.8 Å². The van der Waals surface area contributed by atoms with Gasteiger partial charge in [-0.1, -0.05) is 25.7 Å². The largest absolute Gasteiger partial charge is 0.493 e. The summed E-state index contributed by atoms with van der Waals surface area (Å²) in [5.41, 5.74) is 0.811. The fourth-order valence-corrected chi connectivity index (χ4v) is 3.21. The van der Waals surface area contributed by atoms with Crippen LogP contribution in [0.1, 0.15) is 38.5 Å². The van der Waals surface area contributed by atoms with Crippen LogP contribution < -0.4 is 24.8 Å². The van der Waals surface area contributed by atoms with Gasteiger partial charge in [0.25, 0.3) is 0 Å². The van der Waals surface area contributed by atoms with Gasteiger partial charge in [0.05, 0.1) is 21.3 Å². The minimum Gasteiger partial charge on any atom is -0.493 e. The van der Waals surface area contributed by atoms with Crippen molar-refractivity contribution >= 4 is 23.0 Å². The predicted octanol–water partition coefficient (Wildman–Crippen LogP) is 3.72. The van der Waals surface area contributed by atoms with Crippen LogP contribution in [0.3, 0.4) is 0 Å². The molecule has 0 aliphatic heterocycles. The fraction of sp³-hybridized carbons (Fsp3) is 0.588. The summed E-state index contributed by atoms with van der Waals surface area (Å²) in [6.07, 6.45) is 7.54. The van der Waals surface area contributed by atoms with Gasteiger partial charge in [-0.25, -0.2) is 0 Å². The first-order chi connectivity index (χ1) is 11.2. The van der Waals surface area contributed by atoms with Crippen LogP contribution in [0.2, 0.25) is 0 Å². The van der Waals surface area contributed by atoms with E-state index in [2.05, 4.69) is 10.6 Å². The molecule has 0 heterocycles. The molecular weight excluding hydrogens is 312 g/mol. The van der Waals surface area contributed by atoms with E-state index in [0.717, 1.165) is 5.69 Å². The molecule has 0 atom stereocenters. The van der Waals surface area contributed by atoms with Gasteiger partial charge in [0.2, 0.25) is 5.75 Å². The molecule has 0 aromatic heterocycles. The lowest BCUT2D eigenvalue weighted by Gasteiger charge is -2.20. The van der Waals surface area contributed by atoms with Crippen molar-refractivity contribution in [2.75, 3.05) is 26.6 Å². The van der Waals surface area contributed by atoms with Crippen molar-refractivity contribution < 1.29 is 14.2 Å². The van der Waals surface area contributed by atoms with E-state index in [-0.39, 0.29) is 0 Å². The Morgan fingerprint density at radius 1 is 0.957 bits per heavy atom. The Labute approximate surface area is 143 Å². The van der Waals surface area contributed by atoms with Crippen LogP contribution >= 0.6 is 12.2 Å². The number of hydrogen-bond acceptors (Lipinski definition) is 4. The van der Waals surface area contributed by atoms with E-state index in [9.17, 15) is 0 Å². The number of hydrogen-bond donors (Lipinski definition) is 2. The quantitative estimate of drug-likeness (QED) is 0.630. The molecule has 0 amide bonds. The Balaban J connectivity index is 2.05. The normalized spacial score (nSPS) is 15.4. The molecule has 1 aliphatic rings. The molecule has 1 aromatic carbocycles. The maximum atomic E-state index is 5.45. The molecule has 1 saturated carbocycles. The van der Waals surface area contributed by atoms with Crippen molar-refractivity contribution in [1.29, 1.82) is 0 Å². The van der Waals surface area contributed by atoms with Gasteiger partial charge in [-0.2, -0.15) is 0 Å². The van der Waals surface area contributed by atoms with E-state index in [1.165, 1.54) is 38.5 Å². The SMILES string of the molecule is COc1cc(NC(=S)NC2CCCCCC2)cc(OC)c1OC. The van der Waals surface area contributed by atoms with Crippen LogP contribution in [0.4, 0.5) is 5.69 Å². The van der Waals surface area contributed by atoms with Crippen LogP contribution in [0.25, 0.3) is 0 Å². The minimum absolute atomic E-state index is 0.458. The van der Waals surface area contributed by atoms with E-state index in [0.29, 0.717) is 28.4 Å². The lowest BCUT2D eigenvalue weighted by Crippen LogP contribution is -2.37. The molecule has 128 valence electrons. The highest BCUT2D eigenvalue weighted by molar-refractivity contribution is 7.80. The third-order valence-electron chi connectivity index (χ3n) is 4.11. The number of thiocarbonyl (C=S) groups is 1. The minimum atomic E-state index is 0.458. The van der Waals surface area contributed by atoms with Crippen molar-refractivity contribution in [2.24, 2.45) is 0 Å². The Morgan fingerprint density at radius 3 is 2.00 bits per heavy atom. The fourth-order valence-electron chi connectivity index (χ4n) is 2.93. The lowest BCUT2D eigenvalue weighted by molar-refractivity contribution is 0.324. The van der Waals surface area contributed by atoms with Crippen LogP contribution in [-0.4, -0.2) is 32.5 Å². The van der Waals surface area contributed by atoms with E-state index in [4.69, 9.17) is 26.4 Å². The van der Waals surface area contributed by atoms with E-state index in [1.807, 2.05) is 12.1 Å². The number of rotatable bonds is 5. The first-order valence-corrected chi connectivity index (χ1v) is 8.46. The molecule has 2 N–H and O–H groups in total. The molecule has 0 unspecified atom stereocenters. The number of nitrogens with one attached hydrogen (secondary N) is 2. The van der Waals surface area contributed by atoms with Gasteiger partial charge in [0.15, 0.2) is 16.6 Å². The average Bonchev–Trinajstić information content (AvgIpc) is 2.82. The topological polar surface area (TPSA) is 51.8 Å². The smallest absolute Gasteiger partial charge is 0.203 e. The van der Waals surface area contributed by atoms with Gasteiger partial charge in [0, 0.05) is 23.9 Å². The molecule has 2 rings (SSSR count). The molecule has 0 radical (unpaired) electrons. The van der Waals surface area contributed by atoms with Crippen molar-refractivity contribution in [3.63, 3.8) is 0 Å². The van der Waals surface area contributed by atoms with Gasteiger partial charge in [-0.15, -0.1) is 0 Å². The molecule has 0 saturated heterocycles. The van der Waals surface area contributed by atoms with Gasteiger partial charge in [-0.05, 0) is 25.1 Å². The third-order valence-corrected chi connectivity index (χ3v) is 4.33. The number of benzene rings is 1. The molecule has 1 aliphatic carbocycles. The second-order valence-corrected chi connectivity index (χ2v) is 6.11. The molecular formula is C17H26N2O3S. The first kappa shape index (κ1) is 17.7. The zero-order chi connectivity index (χ0) is 16.7. The highest BCUT2D eigenvalue weighted by atomic mass is 32.1. The molecule has 0 bridgehead atoms. The van der Waals surface area contributed by atoms with E-state index >= 15 is 0 Å². The van der Waals surface area contributed by atoms with Crippen LogP contribution in [0.5, 0.6) is 17.2 Å². The summed E-state index contributed by atoms with van der Waals surface area (Å²) in [7, 11) is 4.79. The monoisotopic (exact) mass is 338 g/mol. The third kappa shape index (κ3) is 4.89. The van der Waals surface area contributed by atoms with Gasteiger partial charge >= 0.3 is 0 Å².